The Morgan fingerprint density at radius 3 is 2.30 bits per heavy atom. The number of piperazine rings is 1. The van der Waals surface area contributed by atoms with E-state index in [0.717, 1.165) is 31.7 Å². The van der Waals surface area contributed by atoms with Crippen molar-refractivity contribution < 1.29 is 9.90 Å². The molecule has 4 nitrogen and oxygen atoms in total. The summed E-state index contributed by atoms with van der Waals surface area (Å²) in [6.45, 7) is 5.20. The molecule has 0 spiro atoms. The lowest BCUT2D eigenvalue weighted by Gasteiger charge is -2.42. The quantitative estimate of drug-likeness (QED) is 0.923. The van der Waals surface area contributed by atoms with E-state index in [9.17, 15) is 9.90 Å². The van der Waals surface area contributed by atoms with Gasteiger partial charge in [-0.2, -0.15) is 0 Å². The van der Waals surface area contributed by atoms with E-state index in [1.165, 1.54) is 0 Å². The highest BCUT2D eigenvalue weighted by Crippen LogP contribution is 2.24. The van der Waals surface area contributed by atoms with Crippen molar-refractivity contribution in [1.82, 2.24) is 9.80 Å². The molecule has 2 rings (SSSR count). The standard InChI is InChI=1S/C15H21ClN2O2/c1-15(14(19)20,18-9-7-17(2)8-10-18)11-12-3-5-13(16)6-4-12/h3-6H,7-11H2,1-2H3,(H,19,20). The summed E-state index contributed by atoms with van der Waals surface area (Å²) in [4.78, 5) is 16.1. The molecule has 0 aromatic heterocycles. The number of rotatable bonds is 4. The van der Waals surface area contributed by atoms with Crippen LogP contribution in [0.1, 0.15) is 12.5 Å². The van der Waals surface area contributed by atoms with Crippen LogP contribution in [0.4, 0.5) is 0 Å². The summed E-state index contributed by atoms with van der Waals surface area (Å²) in [5, 5.41) is 10.4. The summed E-state index contributed by atoms with van der Waals surface area (Å²) in [7, 11) is 2.06. The molecule has 1 aliphatic rings. The number of hydrogen-bond donors (Lipinski definition) is 1. The Morgan fingerprint density at radius 2 is 1.80 bits per heavy atom. The van der Waals surface area contributed by atoms with E-state index in [2.05, 4.69) is 16.8 Å². The number of nitrogens with zero attached hydrogens (tertiary/aromatic N) is 2. The molecule has 0 amide bonds. The van der Waals surface area contributed by atoms with Crippen molar-refractivity contribution in [2.75, 3.05) is 33.2 Å². The van der Waals surface area contributed by atoms with E-state index in [0.29, 0.717) is 11.4 Å². The second-order valence-electron chi connectivity index (χ2n) is 5.67. The highest BCUT2D eigenvalue weighted by molar-refractivity contribution is 6.30. The Bertz CT molecular complexity index is 469. The first-order chi connectivity index (χ1) is 9.41. The summed E-state index contributed by atoms with van der Waals surface area (Å²) in [5.74, 6) is -0.767. The molecule has 0 saturated carbocycles. The topological polar surface area (TPSA) is 43.8 Å². The van der Waals surface area contributed by atoms with Gasteiger partial charge in [-0.15, -0.1) is 0 Å². The Balaban J connectivity index is 2.16. The van der Waals surface area contributed by atoms with Crippen molar-refractivity contribution >= 4 is 17.6 Å². The molecule has 1 fully saturated rings. The third kappa shape index (κ3) is 3.32. The van der Waals surface area contributed by atoms with Gasteiger partial charge in [0.05, 0.1) is 0 Å². The van der Waals surface area contributed by atoms with E-state index < -0.39 is 11.5 Å². The monoisotopic (exact) mass is 296 g/mol. The van der Waals surface area contributed by atoms with Crippen LogP contribution in [0.2, 0.25) is 5.02 Å². The van der Waals surface area contributed by atoms with Crippen LogP contribution in [0.25, 0.3) is 0 Å². The zero-order valence-electron chi connectivity index (χ0n) is 12.0. The van der Waals surface area contributed by atoms with Gasteiger partial charge < -0.3 is 10.0 Å². The number of carboxylic acids is 1. The average Bonchev–Trinajstić information content (AvgIpc) is 2.42. The van der Waals surface area contributed by atoms with Gasteiger partial charge in [0.25, 0.3) is 0 Å². The van der Waals surface area contributed by atoms with Crippen LogP contribution in [0.15, 0.2) is 24.3 Å². The number of halogens is 1. The zero-order valence-corrected chi connectivity index (χ0v) is 12.7. The molecule has 1 N–H and O–H groups in total. The van der Waals surface area contributed by atoms with Gasteiger partial charge in [0.2, 0.25) is 0 Å². The normalized spacial score (nSPS) is 20.6. The Kier molecular flexibility index (Phi) is 4.68. The van der Waals surface area contributed by atoms with Gasteiger partial charge in [-0.05, 0) is 31.7 Å². The maximum atomic E-state index is 11.8. The zero-order chi connectivity index (χ0) is 14.8. The van der Waals surface area contributed by atoms with Crippen molar-refractivity contribution in [1.29, 1.82) is 0 Å². The second-order valence-corrected chi connectivity index (χ2v) is 6.11. The van der Waals surface area contributed by atoms with Crippen LogP contribution >= 0.6 is 11.6 Å². The summed E-state index contributed by atoms with van der Waals surface area (Å²) >= 11 is 5.88. The Labute approximate surface area is 124 Å². The van der Waals surface area contributed by atoms with Crippen LogP contribution in [0.3, 0.4) is 0 Å². The van der Waals surface area contributed by atoms with Crippen LogP contribution in [0.5, 0.6) is 0 Å². The number of hydrogen-bond acceptors (Lipinski definition) is 3. The summed E-state index contributed by atoms with van der Waals surface area (Å²) < 4.78 is 0. The third-order valence-electron chi connectivity index (χ3n) is 4.12. The highest BCUT2D eigenvalue weighted by Gasteiger charge is 2.40. The Hall–Kier alpha value is -1.10. The SMILES string of the molecule is CN1CCN(C(C)(Cc2ccc(Cl)cc2)C(=O)O)CC1. The molecule has 0 aliphatic carbocycles. The fourth-order valence-corrected chi connectivity index (χ4v) is 2.75. The van der Waals surface area contributed by atoms with Crippen molar-refractivity contribution in [2.24, 2.45) is 0 Å². The molecule has 110 valence electrons. The molecule has 1 saturated heterocycles. The second kappa shape index (κ2) is 6.12. The van der Waals surface area contributed by atoms with Crippen molar-refractivity contribution in [3.63, 3.8) is 0 Å². The molecular weight excluding hydrogens is 276 g/mol. The van der Waals surface area contributed by atoms with Crippen molar-refractivity contribution in [3.05, 3.63) is 34.9 Å². The van der Waals surface area contributed by atoms with Crippen molar-refractivity contribution in [3.8, 4) is 0 Å². The average molecular weight is 297 g/mol. The van der Waals surface area contributed by atoms with Crippen molar-refractivity contribution in [2.45, 2.75) is 18.9 Å². The molecule has 1 aliphatic heterocycles. The van der Waals surface area contributed by atoms with E-state index >= 15 is 0 Å². The minimum Gasteiger partial charge on any atom is -0.480 e. The predicted molar refractivity (Wildman–Crippen MR) is 80.3 cm³/mol. The molecule has 1 aromatic carbocycles. The lowest BCUT2D eigenvalue weighted by atomic mass is 9.90. The number of carboxylic acid groups (broad SMARTS) is 1. The summed E-state index contributed by atoms with van der Waals surface area (Å²) in [6, 6.07) is 7.42. The van der Waals surface area contributed by atoms with Gasteiger partial charge in [-0.3, -0.25) is 9.69 Å². The van der Waals surface area contributed by atoms with E-state index in [-0.39, 0.29) is 0 Å². The fraction of sp³-hybridized carbons (Fsp3) is 0.533. The fourth-order valence-electron chi connectivity index (χ4n) is 2.62. The van der Waals surface area contributed by atoms with Crippen LogP contribution in [0, 0.1) is 0 Å². The summed E-state index contributed by atoms with van der Waals surface area (Å²) in [6.07, 6.45) is 0.489. The van der Waals surface area contributed by atoms with E-state index in [1.807, 2.05) is 31.2 Å². The summed E-state index contributed by atoms with van der Waals surface area (Å²) in [5.41, 5.74) is 0.132. The largest absolute Gasteiger partial charge is 0.480 e. The molecule has 20 heavy (non-hydrogen) atoms. The third-order valence-corrected chi connectivity index (χ3v) is 4.38. The number of carbonyl (C=O) groups is 1. The van der Waals surface area contributed by atoms with E-state index in [1.54, 1.807) is 0 Å². The Morgan fingerprint density at radius 1 is 1.25 bits per heavy atom. The maximum Gasteiger partial charge on any atom is 0.324 e. The van der Waals surface area contributed by atoms with Gasteiger partial charge in [0.15, 0.2) is 0 Å². The first kappa shape index (κ1) is 15.3. The van der Waals surface area contributed by atoms with Crippen LogP contribution in [-0.4, -0.2) is 59.6 Å². The molecule has 1 aromatic rings. The van der Waals surface area contributed by atoms with Crippen LogP contribution in [-0.2, 0) is 11.2 Å². The number of benzene rings is 1. The lowest BCUT2D eigenvalue weighted by molar-refractivity contribution is -0.151. The van der Waals surface area contributed by atoms with Gasteiger partial charge in [0.1, 0.15) is 5.54 Å². The first-order valence-electron chi connectivity index (χ1n) is 6.83. The smallest absolute Gasteiger partial charge is 0.324 e. The molecule has 0 radical (unpaired) electrons. The number of likely N-dealkylation sites (N-methyl/N-ethyl adjacent to an activating group) is 1. The first-order valence-corrected chi connectivity index (χ1v) is 7.21. The minimum atomic E-state index is -0.866. The molecule has 1 atom stereocenters. The molecule has 5 heteroatoms. The van der Waals surface area contributed by atoms with Gasteiger partial charge in [0, 0.05) is 37.6 Å². The molecular formula is C15H21ClN2O2. The van der Waals surface area contributed by atoms with Gasteiger partial charge in [-0.1, -0.05) is 23.7 Å². The minimum absolute atomic E-state index is 0.489. The maximum absolute atomic E-state index is 11.8. The van der Waals surface area contributed by atoms with Gasteiger partial charge in [-0.25, -0.2) is 0 Å². The highest BCUT2D eigenvalue weighted by atomic mass is 35.5. The van der Waals surface area contributed by atoms with Gasteiger partial charge >= 0.3 is 5.97 Å². The predicted octanol–water partition coefficient (Wildman–Crippen LogP) is 1.97. The molecule has 1 heterocycles. The van der Waals surface area contributed by atoms with E-state index in [4.69, 9.17) is 11.6 Å². The lowest BCUT2D eigenvalue weighted by Crippen LogP contribution is -2.59. The molecule has 1 unspecified atom stereocenters. The molecule has 0 bridgehead atoms. The van der Waals surface area contributed by atoms with Crippen LogP contribution < -0.4 is 0 Å². The number of aliphatic carboxylic acids is 1.